The quantitative estimate of drug-likeness (QED) is 0.385. The molecule has 6 heteroatoms. The summed E-state index contributed by atoms with van der Waals surface area (Å²) in [7, 11) is 0. The van der Waals surface area contributed by atoms with Crippen LogP contribution in [0, 0.1) is 0 Å². The fourth-order valence-corrected chi connectivity index (χ4v) is 2.41. The number of carbonyl (C=O) groups is 1. The van der Waals surface area contributed by atoms with E-state index in [4.69, 9.17) is 4.74 Å². The maximum absolute atomic E-state index is 12.0. The zero-order valence-electron chi connectivity index (χ0n) is 11.9. The van der Waals surface area contributed by atoms with E-state index in [1.807, 2.05) is 0 Å². The van der Waals surface area contributed by atoms with Gasteiger partial charge in [-0.05, 0) is 41.5 Å². The van der Waals surface area contributed by atoms with Crippen molar-refractivity contribution in [1.82, 2.24) is 0 Å². The summed E-state index contributed by atoms with van der Waals surface area (Å²) in [5.74, 6) is -1.52. The molecule has 1 heterocycles. The molecule has 0 saturated carbocycles. The van der Waals surface area contributed by atoms with Crippen molar-refractivity contribution in [2.45, 2.75) is 12.5 Å². The van der Waals surface area contributed by atoms with Crippen LogP contribution in [0.1, 0.15) is 23.7 Å². The molecule has 1 aliphatic heterocycles. The van der Waals surface area contributed by atoms with Crippen molar-refractivity contribution < 1.29 is 30.0 Å². The number of rotatable bonds is 2. The first-order chi connectivity index (χ1) is 10.9. The molecular weight excluding hydrogens is 300 g/mol. The summed E-state index contributed by atoms with van der Waals surface area (Å²) in [5, 5.41) is 37.6. The van der Waals surface area contributed by atoms with E-state index in [1.54, 1.807) is 18.2 Å². The number of hydrogen-bond donors (Lipinski definition) is 4. The third kappa shape index (κ3) is 2.91. The lowest BCUT2D eigenvalue weighted by molar-refractivity contribution is -0.139. The van der Waals surface area contributed by atoms with Crippen LogP contribution in [0.15, 0.2) is 42.0 Å². The lowest BCUT2D eigenvalue weighted by Gasteiger charge is -2.09. The SMILES string of the molecule is O=C1OC(c2ccc(O)c(O)c2)C/C1=C\c1ccc(O)c(O)c1. The van der Waals surface area contributed by atoms with Gasteiger partial charge in [0, 0.05) is 12.0 Å². The lowest BCUT2D eigenvalue weighted by Crippen LogP contribution is -1.98. The molecule has 4 N–H and O–H groups in total. The van der Waals surface area contributed by atoms with Crippen LogP contribution in [0.5, 0.6) is 23.0 Å². The predicted molar refractivity (Wildman–Crippen MR) is 81.0 cm³/mol. The second-order valence-corrected chi connectivity index (χ2v) is 5.26. The van der Waals surface area contributed by atoms with Crippen LogP contribution < -0.4 is 0 Å². The fourth-order valence-electron chi connectivity index (χ4n) is 2.41. The van der Waals surface area contributed by atoms with Crippen LogP contribution >= 0.6 is 0 Å². The normalized spacial score (nSPS) is 19.0. The highest BCUT2D eigenvalue weighted by atomic mass is 16.5. The summed E-state index contributed by atoms with van der Waals surface area (Å²) in [6.45, 7) is 0. The summed E-state index contributed by atoms with van der Waals surface area (Å²) in [6, 6.07) is 8.49. The van der Waals surface area contributed by atoms with Crippen molar-refractivity contribution in [1.29, 1.82) is 0 Å². The molecule has 0 bridgehead atoms. The third-order valence-corrected chi connectivity index (χ3v) is 3.63. The summed E-state index contributed by atoms with van der Waals surface area (Å²) in [4.78, 5) is 12.0. The van der Waals surface area contributed by atoms with E-state index < -0.39 is 12.1 Å². The Morgan fingerprint density at radius 2 is 1.57 bits per heavy atom. The van der Waals surface area contributed by atoms with Crippen molar-refractivity contribution in [2.75, 3.05) is 0 Å². The first-order valence-corrected chi connectivity index (χ1v) is 6.89. The van der Waals surface area contributed by atoms with E-state index in [-0.39, 0.29) is 23.0 Å². The van der Waals surface area contributed by atoms with Crippen molar-refractivity contribution in [3.63, 3.8) is 0 Å². The number of esters is 1. The largest absolute Gasteiger partial charge is 0.504 e. The van der Waals surface area contributed by atoms with Gasteiger partial charge in [0.25, 0.3) is 0 Å². The van der Waals surface area contributed by atoms with E-state index >= 15 is 0 Å². The summed E-state index contributed by atoms with van der Waals surface area (Å²) < 4.78 is 5.27. The Morgan fingerprint density at radius 1 is 0.913 bits per heavy atom. The van der Waals surface area contributed by atoms with E-state index in [0.717, 1.165) is 0 Å². The number of cyclic esters (lactones) is 1. The van der Waals surface area contributed by atoms with Gasteiger partial charge in [0.15, 0.2) is 23.0 Å². The summed E-state index contributed by atoms with van der Waals surface area (Å²) in [6.07, 6.45) is 1.32. The van der Waals surface area contributed by atoms with Crippen LogP contribution in [0.3, 0.4) is 0 Å². The van der Waals surface area contributed by atoms with Crippen LogP contribution in [-0.4, -0.2) is 26.4 Å². The molecule has 1 saturated heterocycles. The Morgan fingerprint density at radius 3 is 2.22 bits per heavy atom. The zero-order valence-corrected chi connectivity index (χ0v) is 11.9. The average molecular weight is 314 g/mol. The molecule has 1 fully saturated rings. The molecule has 2 aromatic carbocycles. The molecule has 0 aliphatic carbocycles. The molecule has 118 valence electrons. The predicted octanol–water partition coefficient (Wildman–Crippen LogP) is 2.58. The maximum Gasteiger partial charge on any atom is 0.334 e. The number of carbonyl (C=O) groups excluding carboxylic acids is 1. The molecular formula is C17H14O6. The Kier molecular flexibility index (Phi) is 3.57. The first kappa shape index (κ1) is 14.8. The van der Waals surface area contributed by atoms with Crippen LogP contribution in [0.25, 0.3) is 6.08 Å². The van der Waals surface area contributed by atoms with Crippen LogP contribution in [-0.2, 0) is 9.53 Å². The fraction of sp³-hybridized carbons (Fsp3) is 0.118. The number of hydrogen-bond acceptors (Lipinski definition) is 6. The van der Waals surface area contributed by atoms with Crippen molar-refractivity contribution in [2.24, 2.45) is 0 Å². The Labute approximate surface area is 131 Å². The van der Waals surface area contributed by atoms with E-state index in [1.165, 1.54) is 24.3 Å². The number of phenols is 4. The number of phenolic OH excluding ortho intramolecular Hbond substituents is 4. The molecule has 0 aromatic heterocycles. The molecule has 3 rings (SSSR count). The smallest absolute Gasteiger partial charge is 0.334 e. The Hall–Kier alpha value is -3.15. The van der Waals surface area contributed by atoms with Gasteiger partial charge in [-0.2, -0.15) is 0 Å². The minimum absolute atomic E-state index is 0.237. The molecule has 1 atom stereocenters. The summed E-state index contributed by atoms with van der Waals surface area (Å²) in [5.41, 5.74) is 1.54. The van der Waals surface area contributed by atoms with E-state index in [9.17, 15) is 25.2 Å². The van der Waals surface area contributed by atoms with Crippen LogP contribution in [0.2, 0.25) is 0 Å². The Balaban J connectivity index is 1.85. The molecule has 0 amide bonds. The minimum atomic E-state index is -0.550. The molecule has 0 spiro atoms. The van der Waals surface area contributed by atoms with Gasteiger partial charge in [0.2, 0.25) is 0 Å². The summed E-state index contributed by atoms with van der Waals surface area (Å²) >= 11 is 0. The topological polar surface area (TPSA) is 107 Å². The standard InChI is InChI=1S/C17H14O6/c18-12-3-1-9(6-14(12)20)5-11-8-16(23-17(11)22)10-2-4-13(19)15(21)7-10/h1-7,16,18-21H,8H2/b11-5+. The monoisotopic (exact) mass is 314 g/mol. The van der Waals surface area contributed by atoms with Gasteiger partial charge in [-0.3, -0.25) is 0 Å². The highest BCUT2D eigenvalue weighted by Gasteiger charge is 2.30. The molecule has 6 nitrogen and oxygen atoms in total. The maximum atomic E-state index is 12.0. The number of benzene rings is 2. The van der Waals surface area contributed by atoms with Crippen molar-refractivity contribution in [3.05, 3.63) is 53.1 Å². The van der Waals surface area contributed by atoms with E-state index in [0.29, 0.717) is 23.1 Å². The first-order valence-electron chi connectivity index (χ1n) is 6.89. The second kappa shape index (κ2) is 5.57. The van der Waals surface area contributed by atoms with Crippen LogP contribution in [0.4, 0.5) is 0 Å². The zero-order chi connectivity index (χ0) is 16.6. The molecule has 23 heavy (non-hydrogen) atoms. The number of ether oxygens (including phenoxy) is 1. The van der Waals surface area contributed by atoms with Crippen molar-refractivity contribution in [3.8, 4) is 23.0 Å². The molecule has 0 radical (unpaired) electrons. The number of aromatic hydroxyl groups is 4. The van der Waals surface area contributed by atoms with Gasteiger partial charge in [-0.15, -0.1) is 0 Å². The van der Waals surface area contributed by atoms with Gasteiger partial charge < -0.3 is 25.2 Å². The average Bonchev–Trinajstić information content (AvgIpc) is 2.87. The van der Waals surface area contributed by atoms with Gasteiger partial charge in [-0.25, -0.2) is 4.79 Å². The van der Waals surface area contributed by atoms with Gasteiger partial charge in [-0.1, -0.05) is 12.1 Å². The van der Waals surface area contributed by atoms with Gasteiger partial charge in [0.05, 0.1) is 0 Å². The minimum Gasteiger partial charge on any atom is -0.504 e. The van der Waals surface area contributed by atoms with Crippen molar-refractivity contribution >= 4 is 12.0 Å². The molecule has 2 aromatic rings. The highest BCUT2D eigenvalue weighted by molar-refractivity contribution is 5.95. The molecule has 1 unspecified atom stereocenters. The van der Waals surface area contributed by atoms with Gasteiger partial charge >= 0.3 is 5.97 Å². The second-order valence-electron chi connectivity index (χ2n) is 5.26. The van der Waals surface area contributed by atoms with E-state index in [2.05, 4.69) is 0 Å². The molecule has 1 aliphatic rings. The third-order valence-electron chi connectivity index (χ3n) is 3.63. The lowest BCUT2D eigenvalue weighted by atomic mass is 10.0. The Bertz CT molecular complexity index is 809. The van der Waals surface area contributed by atoms with Gasteiger partial charge in [0.1, 0.15) is 6.10 Å². The highest BCUT2D eigenvalue weighted by Crippen LogP contribution is 2.37.